The van der Waals surface area contributed by atoms with E-state index in [9.17, 15) is 40.4 Å². The third kappa shape index (κ3) is 6.21. The summed E-state index contributed by atoms with van der Waals surface area (Å²) < 4.78 is 81.0. The second kappa shape index (κ2) is 12.0. The van der Waals surface area contributed by atoms with Crippen molar-refractivity contribution in [3.8, 4) is 0 Å². The maximum atomic E-state index is 14.1. The van der Waals surface area contributed by atoms with E-state index in [0.29, 0.717) is 50.8 Å². The quantitative estimate of drug-likeness (QED) is 0.403. The summed E-state index contributed by atoms with van der Waals surface area (Å²) in [5.41, 5.74) is -2.10. The molecule has 1 aliphatic carbocycles. The Balaban J connectivity index is 1.32. The van der Waals surface area contributed by atoms with E-state index < -0.39 is 66.9 Å². The van der Waals surface area contributed by atoms with Crippen LogP contribution < -0.4 is 16.6 Å². The lowest BCUT2D eigenvalue weighted by atomic mass is 9.90. The number of pyridine rings is 2. The van der Waals surface area contributed by atoms with Gasteiger partial charge in [0.05, 0.1) is 17.1 Å². The molecule has 1 unspecified atom stereocenters. The zero-order valence-corrected chi connectivity index (χ0v) is 24.6. The van der Waals surface area contributed by atoms with Crippen LogP contribution in [-0.2, 0) is 20.8 Å². The second-order valence-electron chi connectivity index (χ2n) is 10.8. The van der Waals surface area contributed by atoms with Crippen LogP contribution in [0.2, 0.25) is 0 Å². The Hall–Kier alpha value is -3.27. The van der Waals surface area contributed by atoms with Crippen molar-refractivity contribution in [2.75, 3.05) is 11.5 Å². The highest BCUT2D eigenvalue weighted by Crippen LogP contribution is 2.31. The van der Waals surface area contributed by atoms with Crippen LogP contribution in [0.15, 0.2) is 45.2 Å². The highest BCUT2D eigenvalue weighted by atomic mass is 32.2. The number of sulfone groups is 1. The van der Waals surface area contributed by atoms with E-state index in [1.54, 1.807) is 11.8 Å². The molecule has 4 heterocycles. The first-order valence-corrected chi connectivity index (χ1v) is 16.5. The molecule has 10 nitrogen and oxygen atoms in total. The van der Waals surface area contributed by atoms with Gasteiger partial charge in [-0.15, -0.1) is 0 Å². The number of amides is 1. The Kier molecular flexibility index (Phi) is 8.71. The molecule has 0 radical (unpaired) electrons. The van der Waals surface area contributed by atoms with Gasteiger partial charge in [-0.3, -0.25) is 18.7 Å². The molecule has 5 rings (SSSR count). The van der Waals surface area contributed by atoms with Crippen molar-refractivity contribution in [2.45, 2.75) is 80.0 Å². The number of carbonyl (C=O) groups excluding carboxylic acids is 1. The third-order valence-electron chi connectivity index (χ3n) is 8.08. The molecule has 16 heteroatoms. The molecule has 232 valence electrons. The Labute approximate surface area is 247 Å². The Morgan fingerprint density at radius 1 is 1.00 bits per heavy atom. The minimum atomic E-state index is -4.69. The average Bonchev–Trinajstić information content (AvgIpc) is 2.98. The van der Waals surface area contributed by atoms with Crippen molar-refractivity contribution in [1.29, 1.82) is 0 Å². The molecule has 3 aromatic heterocycles. The molecular formula is C27H29F4N5O5S2. The van der Waals surface area contributed by atoms with Crippen LogP contribution >= 0.6 is 11.8 Å². The first kappa shape index (κ1) is 31.2. The Morgan fingerprint density at radius 2 is 1.65 bits per heavy atom. The second-order valence-corrected chi connectivity index (χ2v) is 14.2. The highest BCUT2D eigenvalue weighted by Gasteiger charge is 2.36. The highest BCUT2D eigenvalue weighted by molar-refractivity contribution is 7.99. The number of nitrogens with zero attached hydrogens (tertiary/aromatic N) is 4. The van der Waals surface area contributed by atoms with Gasteiger partial charge in [0.15, 0.2) is 5.03 Å². The lowest BCUT2D eigenvalue weighted by Gasteiger charge is -2.32. The van der Waals surface area contributed by atoms with Gasteiger partial charge < -0.3 is 5.32 Å². The zero-order valence-electron chi connectivity index (χ0n) is 23.0. The van der Waals surface area contributed by atoms with Gasteiger partial charge >= 0.3 is 11.9 Å². The summed E-state index contributed by atoms with van der Waals surface area (Å²) in [7, 11) is -4.37. The van der Waals surface area contributed by atoms with Gasteiger partial charge in [0, 0.05) is 24.3 Å². The number of halogens is 4. The number of hydrogen-bond donors (Lipinski definition) is 1. The van der Waals surface area contributed by atoms with Crippen LogP contribution in [0.3, 0.4) is 0 Å². The molecule has 0 spiro atoms. The van der Waals surface area contributed by atoms with E-state index in [1.165, 1.54) is 4.57 Å². The minimum absolute atomic E-state index is 0.0177. The number of nitrogens with one attached hydrogen (secondary N) is 1. The van der Waals surface area contributed by atoms with Gasteiger partial charge in [-0.2, -0.15) is 24.9 Å². The smallest absolute Gasteiger partial charge is 0.352 e. The summed E-state index contributed by atoms with van der Waals surface area (Å²) in [5.74, 6) is 0.147. The monoisotopic (exact) mass is 643 g/mol. The molecule has 1 atom stereocenters. The van der Waals surface area contributed by atoms with Crippen LogP contribution in [0.25, 0.3) is 11.0 Å². The van der Waals surface area contributed by atoms with Crippen LogP contribution in [0.5, 0.6) is 0 Å². The Bertz CT molecular complexity index is 1740. The van der Waals surface area contributed by atoms with E-state index in [2.05, 4.69) is 15.3 Å². The molecule has 2 aliphatic rings. The molecule has 1 amide bonds. The number of fused-ring (bicyclic) bond motifs is 1. The maximum Gasteiger partial charge on any atom is 0.417 e. The normalized spacial score (nSPS) is 21.0. The lowest BCUT2D eigenvalue weighted by molar-refractivity contribution is -0.137. The summed E-state index contributed by atoms with van der Waals surface area (Å²) in [6.45, 7) is 1.13. The SMILES string of the molecule is CC(C(=O)NC1CCC(n2c(=O)c3cc(F)cnc3n(C3CCSCC3)c2=O)CC1)S(=O)(=O)c1ccc(C(F)(F)F)cn1. The number of alkyl halides is 3. The topological polar surface area (TPSA) is 133 Å². The summed E-state index contributed by atoms with van der Waals surface area (Å²) in [4.78, 5) is 47.6. The number of thioether (sulfide) groups is 1. The standard InChI is InChI=1S/C27H29F4N5O5S2/c1-15(43(40,41)22-7-2-16(13-32-22)27(29,30)31)24(37)34-18-3-5-19(6-4-18)36-25(38)21-12-17(28)14-33-23(21)35(26(36)39)20-8-10-42-11-9-20/h2,7,12-15,18-20H,3-6,8-11H2,1H3,(H,34,37). The van der Waals surface area contributed by atoms with Crippen molar-refractivity contribution in [3.05, 3.63) is 62.8 Å². The molecule has 43 heavy (non-hydrogen) atoms. The van der Waals surface area contributed by atoms with E-state index in [0.717, 1.165) is 41.3 Å². The summed E-state index contributed by atoms with van der Waals surface area (Å²) in [6, 6.07) is 1.23. The molecule has 1 saturated carbocycles. The van der Waals surface area contributed by atoms with Crippen molar-refractivity contribution >= 4 is 38.5 Å². The summed E-state index contributed by atoms with van der Waals surface area (Å²) >= 11 is 1.77. The molecule has 0 aromatic carbocycles. The molecule has 3 aromatic rings. The lowest BCUT2D eigenvalue weighted by Crippen LogP contribution is -2.48. The van der Waals surface area contributed by atoms with Crippen LogP contribution in [0.1, 0.15) is 63.1 Å². The fraction of sp³-hybridized carbons (Fsp3) is 0.519. The number of aromatic nitrogens is 4. The zero-order chi connectivity index (χ0) is 31.1. The van der Waals surface area contributed by atoms with Gasteiger partial charge in [-0.1, -0.05) is 0 Å². The number of carbonyl (C=O) groups is 1. The predicted octanol–water partition coefficient (Wildman–Crippen LogP) is 3.64. The minimum Gasteiger partial charge on any atom is -0.352 e. The molecule has 0 bridgehead atoms. The van der Waals surface area contributed by atoms with Crippen molar-refractivity contribution < 1.29 is 30.8 Å². The van der Waals surface area contributed by atoms with Crippen molar-refractivity contribution in [2.24, 2.45) is 0 Å². The van der Waals surface area contributed by atoms with E-state index in [4.69, 9.17) is 0 Å². The first-order chi connectivity index (χ1) is 20.3. The van der Waals surface area contributed by atoms with Gasteiger partial charge in [0.25, 0.3) is 5.56 Å². The van der Waals surface area contributed by atoms with E-state index in [1.807, 2.05) is 0 Å². The van der Waals surface area contributed by atoms with Gasteiger partial charge in [0.1, 0.15) is 16.7 Å². The average molecular weight is 644 g/mol. The molecule has 1 aliphatic heterocycles. The first-order valence-electron chi connectivity index (χ1n) is 13.8. The predicted molar refractivity (Wildman–Crippen MR) is 151 cm³/mol. The molecular weight excluding hydrogens is 614 g/mol. The van der Waals surface area contributed by atoms with Crippen LogP contribution in [0, 0.1) is 5.82 Å². The molecule has 2 fully saturated rings. The van der Waals surface area contributed by atoms with Crippen molar-refractivity contribution in [1.82, 2.24) is 24.4 Å². The van der Waals surface area contributed by atoms with Gasteiger partial charge in [-0.05, 0) is 75.2 Å². The van der Waals surface area contributed by atoms with Gasteiger partial charge in [0.2, 0.25) is 15.7 Å². The summed E-state index contributed by atoms with van der Waals surface area (Å²) in [6.07, 6.45) is -0.601. The molecule has 1 N–H and O–H groups in total. The van der Waals surface area contributed by atoms with Crippen LogP contribution in [0.4, 0.5) is 17.6 Å². The Morgan fingerprint density at radius 3 is 2.26 bits per heavy atom. The van der Waals surface area contributed by atoms with Crippen LogP contribution in [-0.4, -0.2) is 56.2 Å². The van der Waals surface area contributed by atoms with E-state index in [-0.39, 0.29) is 17.1 Å². The fourth-order valence-corrected chi connectivity index (χ4v) is 7.89. The largest absolute Gasteiger partial charge is 0.417 e. The summed E-state index contributed by atoms with van der Waals surface area (Å²) in [5, 5.41) is 0.415. The maximum absolute atomic E-state index is 14.1. The van der Waals surface area contributed by atoms with Gasteiger partial charge in [-0.25, -0.2) is 27.6 Å². The fourth-order valence-electron chi connectivity index (χ4n) is 5.63. The number of hydrogen-bond acceptors (Lipinski definition) is 8. The number of rotatable bonds is 6. The molecule has 1 saturated heterocycles. The third-order valence-corrected chi connectivity index (χ3v) is 11.1. The van der Waals surface area contributed by atoms with Crippen molar-refractivity contribution in [3.63, 3.8) is 0 Å². The van der Waals surface area contributed by atoms with E-state index >= 15 is 0 Å².